The summed E-state index contributed by atoms with van der Waals surface area (Å²) < 4.78 is 0. The van der Waals surface area contributed by atoms with Gasteiger partial charge in [0.1, 0.15) is 5.78 Å². The number of carbonyl (C=O) groups excluding carboxylic acids is 1. The van der Waals surface area contributed by atoms with Gasteiger partial charge in [-0.15, -0.1) is 11.8 Å². The van der Waals surface area contributed by atoms with Crippen molar-refractivity contribution in [3.8, 4) is 11.8 Å². The minimum atomic E-state index is -0.313. The van der Waals surface area contributed by atoms with Crippen LogP contribution in [0.4, 0.5) is 0 Å². The van der Waals surface area contributed by atoms with Crippen LogP contribution in [0.2, 0.25) is 0 Å². The molecule has 2 nitrogen and oxygen atoms in total. The second-order valence-corrected chi connectivity index (χ2v) is 4.47. The molecule has 0 unspecified atom stereocenters. The van der Waals surface area contributed by atoms with Crippen LogP contribution >= 0.6 is 0 Å². The SMILES string of the molecule is CCCCCCC(=O)CCC#CC[C@@H](O)CC. The molecule has 0 aromatic heterocycles. The number of hydrogen-bond acceptors (Lipinski definition) is 2. The van der Waals surface area contributed by atoms with Crippen LogP contribution in [-0.2, 0) is 4.79 Å². The first-order chi connectivity index (χ1) is 8.20. The first-order valence-corrected chi connectivity index (χ1v) is 6.86. The van der Waals surface area contributed by atoms with Crippen molar-refractivity contribution in [3.63, 3.8) is 0 Å². The van der Waals surface area contributed by atoms with Gasteiger partial charge in [0.2, 0.25) is 0 Å². The summed E-state index contributed by atoms with van der Waals surface area (Å²) >= 11 is 0. The minimum Gasteiger partial charge on any atom is -0.392 e. The topological polar surface area (TPSA) is 37.3 Å². The number of ketones is 1. The third-order valence-electron chi connectivity index (χ3n) is 2.77. The second-order valence-electron chi connectivity index (χ2n) is 4.47. The monoisotopic (exact) mass is 238 g/mol. The zero-order valence-electron chi connectivity index (χ0n) is 11.3. The third kappa shape index (κ3) is 11.5. The Bertz CT molecular complexity index is 247. The molecule has 0 saturated heterocycles. The molecule has 2 heteroatoms. The largest absolute Gasteiger partial charge is 0.392 e. The van der Waals surface area contributed by atoms with Gasteiger partial charge in [0.25, 0.3) is 0 Å². The van der Waals surface area contributed by atoms with Gasteiger partial charge in [0.05, 0.1) is 6.10 Å². The number of aliphatic hydroxyl groups is 1. The van der Waals surface area contributed by atoms with Crippen molar-refractivity contribution >= 4 is 5.78 Å². The van der Waals surface area contributed by atoms with Crippen molar-refractivity contribution in [2.45, 2.75) is 77.7 Å². The maximum absolute atomic E-state index is 11.4. The number of rotatable bonds is 9. The Hall–Kier alpha value is -0.810. The lowest BCUT2D eigenvalue weighted by Gasteiger charge is -1.99. The highest BCUT2D eigenvalue weighted by atomic mass is 16.3. The van der Waals surface area contributed by atoms with Gasteiger partial charge in [0, 0.05) is 25.7 Å². The first-order valence-electron chi connectivity index (χ1n) is 6.86. The lowest BCUT2D eigenvalue weighted by atomic mass is 10.1. The van der Waals surface area contributed by atoms with Crippen LogP contribution in [0.15, 0.2) is 0 Å². The molecule has 0 saturated carbocycles. The van der Waals surface area contributed by atoms with Crippen LogP contribution in [0.1, 0.15) is 71.6 Å². The standard InChI is InChI=1S/C15H26O2/c1-3-5-6-8-12-15(17)13-10-7-9-11-14(16)4-2/h14,16H,3-6,8,10-13H2,1-2H3/t14-/m0/s1. The lowest BCUT2D eigenvalue weighted by Crippen LogP contribution is -2.01. The first kappa shape index (κ1) is 16.2. The van der Waals surface area contributed by atoms with Gasteiger partial charge in [-0.05, 0) is 12.8 Å². The Morgan fingerprint density at radius 2 is 1.88 bits per heavy atom. The van der Waals surface area contributed by atoms with Gasteiger partial charge in [-0.1, -0.05) is 33.1 Å². The highest BCUT2D eigenvalue weighted by Crippen LogP contribution is 2.05. The molecule has 98 valence electrons. The fourth-order valence-corrected chi connectivity index (χ4v) is 1.50. The Balaban J connectivity index is 3.44. The zero-order valence-corrected chi connectivity index (χ0v) is 11.3. The summed E-state index contributed by atoms with van der Waals surface area (Å²) in [5.74, 6) is 6.19. The molecule has 0 aromatic carbocycles. The summed E-state index contributed by atoms with van der Waals surface area (Å²) in [4.78, 5) is 11.4. The average molecular weight is 238 g/mol. The molecule has 0 spiro atoms. The van der Waals surface area contributed by atoms with E-state index in [1.54, 1.807) is 0 Å². The molecule has 0 aromatic rings. The van der Waals surface area contributed by atoms with Gasteiger partial charge in [-0.3, -0.25) is 4.79 Å². The Kier molecular flexibility index (Phi) is 11.1. The molecule has 1 atom stereocenters. The van der Waals surface area contributed by atoms with Crippen LogP contribution in [0.3, 0.4) is 0 Å². The van der Waals surface area contributed by atoms with Crippen LogP contribution < -0.4 is 0 Å². The molecule has 0 amide bonds. The fraction of sp³-hybridized carbons (Fsp3) is 0.800. The molecule has 0 fully saturated rings. The van der Waals surface area contributed by atoms with E-state index in [0.29, 0.717) is 31.5 Å². The fourth-order valence-electron chi connectivity index (χ4n) is 1.50. The molecular formula is C15H26O2. The molecule has 0 bridgehead atoms. The minimum absolute atomic E-state index is 0.313. The summed E-state index contributed by atoms with van der Waals surface area (Å²) in [5.41, 5.74) is 0. The molecule has 0 aliphatic rings. The van der Waals surface area contributed by atoms with E-state index < -0.39 is 0 Å². The predicted octanol–water partition coefficient (Wildman–Crippen LogP) is 3.47. The van der Waals surface area contributed by atoms with Crippen molar-refractivity contribution in [1.29, 1.82) is 0 Å². The van der Waals surface area contributed by atoms with E-state index in [-0.39, 0.29) is 6.10 Å². The van der Waals surface area contributed by atoms with E-state index in [9.17, 15) is 9.90 Å². The molecule has 1 N–H and O–H groups in total. The summed E-state index contributed by atoms with van der Waals surface area (Å²) in [6, 6.07) is 0. The molecule has 0 aliphatic carbocycles. The zero-order chi connectivity index (χ0) is 12.9. The average Bonchev–Trinajstić information content (AvgIpc) is 2.34. The van der Waals surface area contributed by atoms with Crippen molar-refractivity contribution in [2.24, 2.45) is 0 Å². The Labute approximate surface area is 106 Å². The van der Waals surface area contributed by atoms with Gasteiger partial charge < -0.3 is 5.11 Å². The van der Waals surface area contributed by atoms with Crippen molar-refractivity contribution in [1.82, 2.24) is 0 Å². The summed E-state index contributed by atoms with van der Waals surface area (Å²) in [5, 5.41) is 9.26. The third-order valence-corrected chi connectivity index (χ3v) is 2.77. The Morgan fingerprint density at radius 3 is 2.53 bits per heavy atom. The number of hydrogen-bond donors (Lipinski definition) is 1. The van der Waals surface area contributed by atoms with E-state index >= 15 is 0 Å². The van der Waals surface area contributed by atoms with Crippen molar-refractivity contribution in [2.75, 3.05) is 0 Å². The maximum atomic E-state index is 11.4. The smallest absolute Gasteiger partial charge is 0.133 e. The molecule has 0 heterocycles. The van der Waals surface area contributed by atoms with E-state index in [0.717, 1.165) is 19.3 Å². The molecule has 17 heavy (non-hydrogen) atoms. The van der Waals surface area contributed by atoms with Crippen molar-refractivity contribution in [3.05, 3.63) is 0 Å². The second kappa shape index (κ2) is 11.7. The highest BCUT2D eigenvalue weighted by molar-refractivity contribution is 5.78. The van der Waals surface area contributed by atoms with Gasteiger partial charge in [-0.2, -0.15) is 0 Å². The maximum Gasteiger partial charge on any atom is 0.133 e. The van der Waals surface area contributed by atoms with Crippen LogP contribution in [0.5, 0.6) is 0 Å². The van der Waals surface area contributed by atoms with Crippen LogP contribution in [0, 0.1) is 11.8 Å². The molecule has 0 rings (SSSR count). The van der Waals surface area contributed by atoms with Gasteiger partial charge in [0.15, 0.2) is 0 Å². The quantitative estimate of drug-likeness (QED) is 0.493. The van der Waals surface area contributed by atoms with Gasteiger partial charge in [-0.25, -0.2) is 0 Å². The predicted molar refractivity (Wildman–Crippen MR) is 71.7 cm³/mol. The van der Waals surface area contributed by atoms with E-state index in [2.05, 4.69) is 18.8 Å². The van der Waals surface area contributed by atoms with Crippen molar-refractivity contribution < 1.29 is 9.90 Å². The normalized spacial score (nSPS) is 11.7. The number of aliphatic hydroxyl groups excluding tert-OH is 1. The van der Waals surface area contributed by atoms with E-state index in [4.69, 9.17) is 0 Å². The lowest BCUT2D eigenvalue weighted by molar-refractivity contribution is -0.119. The highest BCUT2D eigenvalue weighted by Gasteiger charge is 2.00. The number of Topliss-reactive ketones (excluding diaryl/α,β-unsaturated/α-hetero) is 1. The van der Waals surface area contributed by atoms with Gasteiger partial charge >= 0.3 is 0 Å². The Morgan fingerprint density at radius 1 is 1.12 bits per heavy atom. The summed E-state index contributed by atoms with van der Waals surface area (Å²) in [7, 11) is 0. The number of unbranched alkanes of at least 4 members (excludes halogenated alkanes) is 3. The van der Waals surface area contributed by atoms with E-state index in [1.807, 2.05) is 6.92 Å². The van der Waals surface area contributed by atoms with Crippen LogP contribution in [0.25, 0.3) is 0 Å². The van der Waals surface area contributed by atoms with Crippen LogP contribution in [-0.4, -0.2) is 17.0 Å². The molecule has 0 aliphatic heterocycles. The van der Waals surface area contributed by atoms with E-state index in [1.165, 1.54) is 12.8 Å². The summed E-state index contributed by atoms with van der Waals surface area (Å²) in [6.07, 6.45) is 7.50. The number of carbonyl (C=O) groups is 1. The molecular weight excluding hydrogens is 212 g/mol. The summed E-state index contributed by atoms with van der Waals surface area (Å²) in [6.45, 7) is 4.11. The molecule has 0 radical (unpaired) electrons.